The molecule has 1 aromatic heterocycles. The van der Waals surface area contributed by atoms with Crippen molar-refractivity contribution >= 4 is 23.5 Å². The molecule has 4 aliphatic heterocycles. The van der Waals surface area contributed by atoms with E-state index in [0.29, 0.717) is 70.8 Å². The molecule has 13 heteroatoms. The van der Waals surface area contributed by atoms with Crippen LogP contribution in [-0.2, 0) is 16.5 Å². The lowest BCUT2D eigenvalue weighted by atomic mass is 9.81. The Hall–Kier alpha value is -4.05. The number of halogens is 3. The van der Waals surface area contributed by atoms with Crippen LogP contribution in [0.5, 0.6) is 0 Å². The van der Waals surface area contributed by atoms with Gasteiger partial charge in [0.15, 0.2) is 5.69 Å². The lowest BCUT2D eigenvalue weighted by Crippen LogP contribution is -2.64. The molecular formula is C32H38F3N7O3. The number of nitriles is 1. The summed E-state index contributed by atoms with van der Waals surface area (Å²) in [6.45, 7) is 9.51. The van der Waals surface area contributed by atoms with Crippen LogP contribution in [0, 0.1) is 11.3 Å². The van der Waals surface area contributed by atoms with Crippen molar-refractivity contribution in [1.82, 2.24) is 19.7 Å². The van der Waals surface area contributed by atoms with Gasteiger partial charge >= 0.3 is 12.3 Å². The smallest absolute Gasteiger partial charge is 0.434 e. The van der Waals surface area contributed by atoms with Gasteiger partial charge in [0.05, 0.1) is 11.2 Å². The van der Waals surface area contributed by atoms with Crippen molar-refractivity contribution in [3.8, 4) is 6.07 Å². The van der Waals surface area contributed by atoms with E-state index in [1.807, 2.05) is 54.8 Å². The van der Waals surface area contributed by atoms with Crippen molar-refractivity contribution < 1.29 is 27.5 Å². The minimum Gasteiger partial charge on any atom is -0.444 e. The fraction of sp³-hybridized carbons (Fsp3) is 0.562. The minimum absolute atomic E-state index is 0.0456. The van der Waals surface area contributed by atoms with Gasteiger partial charge in [0, 0.05) is 77.1 Å². The number of benzene rings is 1. The van der Waals surface area contributed by atoms with Gasteiger partial charge < -0.3 is 24.3 Å². The number of anilines is 2. The maximum Gasteiger partial charge on any atom is 0.434 e. The minimum atomic E-state index is -4.80. The number of carbonyl (C=O) groups excluding carboxylic acids is 2. The first-order chi connectivity index (χ1) is 21.2. The van der Waals surface area contributed by atoms with Crippen LogP contribution in [0.15, 0.2) is 30.3 Å². The molecule has 4 aliphatic rings. The number of alkyl halides is 3. The molecule has 1 spiro atoms. The van der Waals surface area contributed by atoms with Gasteiger partial charge in [0.1, 0.15) is 23.1 Å². The van der Waals surface area contributed by atoms with Gasteiger partial charge in [-0.25, -0.2) is 9.78 Å². The van der Waals surface area contributed by atoms with Crippen molar-refractivity contribution in [2.24, 2.45) is 0 Å². The number of hydrogen-bond donors (Lipinski definition) is 0. The molecule has 0 atom stereocenters. The first-order valence-corrected chi connectivity index (χ1v) is 15.3. The molecule has 5 heterocycles. The third-order valence-corrected chi connectivity index (χ3v) is 9.57. The molecule has 240 valence electrons. The van der Waals surface area contributed by atoms with E-state index in [1.165, 1.54) is 0 Å². The van der Waals surface area contributed by atoms with E-state index in [4.69, 9.17) is 4.74 Å². The van der Waals surface area contributed by atoms with Gasteiger partial charge in [-0.05, 0) is 45.2 Å². The highest BCUT2D eigenvalue weighted by Crippen LogP contribution is 2.46. The predicted molar refractivity (Wildman–Crippen MR) is 161 cm³/mol. The maximum atomic E-state index is 14.3. The number of piperazine rings is 1. The molecule has 3 fully saturated rings. The zero-order valence-corrected chi connectivity index (χ0v) is 26.0. The average Bonchev–Trinajstić information content (AvgIpc) is 3.17. The number of aromatic nitrogens is 1. The Labute approximate surface area is 260 Å². The summed E-state index contributed by atoms with van der Waals surface area (Å²) in [4.78, 5) is 38.7. The van der Waals surface area contributed by atoms with Crippen LogP contribution in [0.2, 0.25) is 0 Å². The number of nitrogens with zero attached hydrogens (tertiary/aromatic N) is 7. The second-order valence-corrected chi connectivity index (χ2v) is 13.3. The molecule has 1 aromatic carbocycles. The van der Waals surface area contributed by atoms with Crippen LogP contribution in [0.1, 0.15) is 60.8 Å². The highest BCUT2D eigenvalue weighted by Gasteiger charge is 2.49. The van der Waals surface area contributed by atoms with E-state index in [1.54, 1.807) is 29.0 Å². The van der Waals surface area contributed by atoms with Crippen molar-refractivity contribution in [2.75, 3.05) is 69.2 Å². The van der Waals surface area contributed by atoms with Crippen LogP contribution in [-0.4, -0.2) is 103 Å². The molecule has 6 rings (SSSR count). The predicted octanol–water partition coefficient (Wildman–Crippen LogP) is 4.29. The topological polar surface area (TPSA) is 96.3 Å². The molecular weight excluding hydrogens is 587 g/mol. The second-order valence-electron chi connectivity index (χ2n) is 13.3. The standard InChI is InChI=1S/C32H38F3N7O3/c1-30(2,3)45-29(44)41-15-13-39(14-16-41)21-19-42(20-21)25-17-26(37-27(23(25)18-36)32(33,34)35)40-11-9-31(10-12-40)24-8-6-5-7-22(24)28(43)38(31)4/h5-8,17,21H,9-16,19-20H2,1-4H3. The van der Waals surface area contributed by atoms with E-state index in [0.717, 1.165) is 5.56 Å². The van der Waals surface area contributed by atoms with Gasteiger partial charge in [0.2, 0.25) is 0 Å². The number of rotatable bonds is 3. The molecule has 0 N–H and O–H groups in total. The van der Waals surface area contributed by atoms with Crippen LogP contribution in [0.4, 0.5) is 29.5 Å². The summed E-state index contributed by atoms with van der Waals surface area (Å²) in [5.41, 5.74) is -0.867. The number of carbonyl (C=O) groups is 2. The van der Waals surface area contributed by atoms with E-state index in [9.17, 15) is 28.0 Å². The molecule has 0 saturated carbocycles. The van der Waals surface area contributed by atoms with Crippen LogP contribution in [0.3, 0.4) is 0 Å². The Morgan fingerprint density at radius 1 is 1.02 bits per heavy atom. The largest absolute Gasteiger partial charge is 0.444 e. The van der Waals surface area contributed by atoms with Crippen molar-refractivity contribution in [3.05, 3.63) is 52.7 Å². The molecule has 0 radical (unpaired) electrons. The average molecular weight is 626 g/mol. The normalized spacial score (nSPS) is 20.7. The summed E-state index contributed by atoms with van der Waals surface area (Å²) in [7, 11) is 1.79. The Kier molecular flexibility index (Phi) is 7.62. The number of hydrogen-bond acceptors (Lipinski definition) is 8. The first-order valence-electron chi connectivity index (χ1n) is 15.3. The molecule has 3 saturated heterocycles. The number of piperidine rings is 1. The van der Waals surface area contributed by atoms with Crippen LogP contribution >= 0.6 is 0 Å². The lowest BCUT2D eigenvalue weighted by Gasteiger charge is -2.49. The maximum absolute atomic E-state index is 14.3. The molecule has 2 amide bonds. The second kappa shape index (κ2) is 11.1. The fourth-order valence-electron chi connectivity index (χ4n) is 7.07. The Bertz CT molecular complexity index is 1530. The molecule has 0 aliphatic carbocycles. The van der Waals surface area contributed by atoms with Crippen molar-refractivity contribution in [2.45, 2.75) is 57.0 Å². The fourth-order valence-corrected chi connectivity index (χ4v) is 7.07. The molecule has 0 unspecified atom stereocenters. The summed E-state index contributed by atoms with van der Waals surface area (Å²) in [5, 5.41) is 9.87. The van der Waals surface area contributed by atoms with E-state index >= 15 is 0 Å². The third kappa shape index (κ3) is 5.54. The summed E-state index contributed by atoms with van der Waals surface area (Å²) in [6.07, 6.45) is -4.05. The summed E-state index contributed by atoms with van der Waals surface area (Å²) < 4.78 is 48.3. The number of ether oxygens (including phenoxy) is 1. The highest BCUT2D eigenvalue weighted by molar-refractivity contribution is 6.00. The van der Waals surface area contributed by atoms with Gasteiger partial charge in [-0.15, -0.1) is 0 Å². The molecule has 2 aromatic rings. The first kappa shape index (κ1) is 31.0. The van der Waals surface area contributed by atoms with Gasteiger partial charge in [-0.3, -0.25) is 9.69 Å². The third-order valence-electron chi connectivity index (χ3n) is 9.57. The van der Waals surface area contributed by atoms with Crippen LogP contribution < -0.4 is 9.80 Å². The zero-order chi connectivity index (χ0) is 32.3. The summed E-state index contributed by atoms with van der Waals surface area (Å²) >= 11 is 0. The zero-order valence-electron chi connectivity index (χ0n) is 26.0. The lowest BCUT2D eigenvalue weighted by molar-refractivity contribution is -0.141. The Morgan fingerprint density at radius 3 is 2.27 bits per heavy atom. The van der Waals surface area contributed by atoms with Crippen molar-refractivity contribution in [1.29, 1.82) is 5.26 Å². The quantitative estimate of drug-likeness (QED) is 0.499. The monoisotopic (exact) mass is 625 g/mol. The van der Waals surface area contributed by atoms with Gasteiger partial charge in [-0.2, -0.15) is 18.4 Å². The summed E-state index contributed by atoms with van der Waals surface area (Å²) in [6, 6.07) is 11.0. The number of pyridine rings is 1. The van der Waals surface area contributed by atoms with Crippen LogP contribution in [0.25, 0.3) is 0 Å². The van der Waals surface area contributed by atoms with E-state index in [2.05, 4.69) is 9.88 Å². The molecule has 45 heavy (non-hydrogen) atoms. The van der Waals surface area contributed by atoms with Gasteiger partial charge in [0.25, 0.3) is 5.91 Å². The highest BCUT2D eigenvalue weighted by atomic mass is 19.4. The van der Waals surface area contributed by atoms with Gasteiger partial charge in [-0.1, -0.05) is 18.2 Å². The Balaban J connectivity index is 1.17. The number of amides is 2. The van der Waals surface area contributed by atoms with E-state index in [-0.39, 0.29) is 29.5 Å². The number of fused-ring (bicyclic) bond motifs is 2. The summed E-state index contributed by atoms with van der Waals surface area (Å²) in [5.74, 6) is 0.136. The molecule has 10 nitrogen and oxygen atoms in total. The van der Waals surface area contributed by atoms with Crippen molar-refractivity contribution in [3.63, 3.8) is 0 Å². The SMILES string of the molecule is CN1C(=O)c2ccccc2C12CCN(c1cc(N3CC(N4CCN(C(=O)OC(C)(C)C)CC4)C3)c(C#N)c(C(F)(F)F)n1)CC2. The Morgan fingerprint density at radius 2 is 1.67 bits per heavy atom. The molecule has 0 bridgehead atoms. The van der Waals surface area contributed by atoms with E-state index < -0.39 is 28.6 Å².